The Bertz CT molecular complexity index is 398. The first-order valence-corrected chi connectivity index (χ1v) is 8.48. The molecule has 1 unspecified atom stereocenters. The van der Waals surface area contributed by atoms with Gasteiger partial charge in [0.05, 0.1) is 0 Å². The maximum Gasteiger partial charge on any atom is 0.124 e. The summed E-state index contributed by atoms with van der Waals surface area (Å²) in [7, 11) is 0. The summed E-state index contributed by atoms with van der Waals surface area (Å²) in [5.74, 6) is 5.29. The van der Waals surface area contributed by atoms with Crippen LogP contribution in [0.25, 0.3) is 0 Å². The molecule has 0 amide bonds. The zero-order valence-corrected chi connectivity index (χ0v) is 13.8. The van der Waals surface area contributed by atoms with Gasteiger partial charge in [-0.2, -0.15) is 0 Å². The van der Waals surface area contributed by atoms with Crippen molar-refractivity contribution in [2.45, 2.75) is 70.8 Å². The van der Waals surface area contributed by atoms with Crippen molar-refractivity contribution >= 4 is 11.6 Å². The highest BCUT2D eigenvalue weighted by Gasteiger charge is 2.13. The third-order valence-corrected chi connectivity index (χ3v) is 4.21. The summed E-state index contributed by atoms with van der Waals surface area (Å²) in [5.41, 5.74) is 3.67. The van der Waals surface area contributed by atoms with Gasteiger partial charge in [0.2, 0.25) is 0 Å². The molecular weight excluding hydrogens is 287 g/mol. The summed E-state index contributed by atoms with van der Waals surface area (Å²) in [6, 6.07) is 4.49. The molecule has 0 aliphatic heterocycles. The van der Waals surface area contributed by atoms with Crippen molar-refractivity contribution in [2.24, 2.45) is 5.84 Å². The van der Waals surface area contributed by atoms with Gasteiger partial charge in [-0.25, -0.2) is 4.39 Å². The molecule has 0 saturated carbocycles. The monoisotopic (exact) mass is 314 g/mol. The van der Waals surface area contributed by atoms with Crippen LogP contribution in [0.2, 0.25) is 5.02 Å². The molecule has 0 saturated heterocycles. The van der Waals surface area contributed by atoms with E-state index in [-0.39, 0.29) is 11.9 Å². The van der Waals surface area contributed by atoms with E-state index in [0.717, 1.165) is 18.4 Å². The first-order chi connectivity index (χ1) is 10.2. The van der Waals surface area contributed by atoms with Crippen LogP contribution in [0.15, 0.2) is 18.2 Å². The average molecular weight is 315 g/mol. The zero-order valence-electron chi connectivity index (χ0n) is 13.0. The lowest BCUT2D eigenvalue weighted by molar-refractivity contribution is 0.474. The molecule has 1 aromatic carbocycles. The van der Waals surface area contributed by atoms with Crippen LogP contribution >= 0.6 is 11.6 Å². The minimum absolute atomic E-state index is 0.00167. The number of rotatable bonds is 11. The number of halogens is 2. The Balaban J connectivity index is 2.25. The molecule has 0 aromatic heterocycles. The van der Waals surface area contributed by atoms with Gasteiger partial charge in [0.1, 0.15) is 5.82 Å². The number of hydrogen-bond donors (Lipinski definition) is 2. The number of nitrogens with one attached hydrogen (secondary N) is 1. The molecule has 0 aliphatic carbocycles. The van der Waals surface area contributed by atoms with E-state index >= 15 is 0 Å². The third-order valence-electron chi connectivity index (χ3n) is 3.89. The van der Waals surface area contributed by atoms with Gasteiger partial charge in [-0.1, -0.05) is 76.0 Å². The van der Waals surface area contributed by atoms with Crippen LogP contribution in [-0.4, -0.2) is 0 Å². The second-order valence-corrected chi connectivity index (χ2v) is 6.06. The topological polar surface area (TPSA) is 38.0 Å². The predicted molar refractivity (Wildman–Crippen MR) is 88.7 cm³/mol. The summed E-state index contributed by atoms with van der Waals surface area (Å²) in [4.78, 5) is 0. The lowest BCUT2D eigenvalue weighted by Crippen LogP contribution is -2.28. The number of hydrazine groups is 1. The molecule has 0 bridgehead atoms. The van der Waals surface area contributed by atoms with Crippen LogP contribution in [-0.2, 0) is 0 Å². The molecule has 0 radical (unpaired) electrons. The van der Waals surface area contributed by atoms with Gasteiger partial charge in [-0.15, -0.1) is 0 Å². The summed E-state index contributed by atoms with van der Waals surface area (Å²) in [6.45, 7) is 2.24. The molecule has 1 atom stereocenters. The predicted octanol–water partition coefficient (Wildman–Crippen LogP) is 5.51. The second kappa shape index (κ2) is 11.0. The van der Waals surface area contributed by atoms with Crippen molar-refractivity contribution in [3.8, 4) is 0 Å². The number of hydrogen-bond acceptors (Lipinski definition) is 2. The fraction of sp³-hybridized carbons (Fsp3) is 0.647. The number of unbranched alkanes of at least 4 members (excludes halogenated alkanes) is 7. The van der Waals surface area contributed by atoms with E-state index in [0.29, 0.717) is 5.02 Å². The Labute approximate surface area is 133 Å². The Kier molecular flexibility index (Phi) is 9.64. The lowest BCUT2D eigenvalue weighted by Gasteiger charge is -2.17. The first-order valence-electron chi connectivity index (χ1n) is 8.10. The zero-order chi connectivity index (χ0) is 15.5. The lowest BCUT2D eigenvalue weighted by atomic mass is 9.99. The Hall–Kier alpha value is -0.640. The number of benzene rings is 1. The van der Waals surface area contributed by atoms with Crippen LogP contribution in [0.3, 0.4) is 0 Å². The molecule has 3 N–H and O–H groups in total. The highest BCUT2D eigenvalue weighted by atomic mass is 35.5. The highest BCUT2D eigenvalue weighted by molar-refractivity contribution is 6.31. The van der Waals surface area contributed by atoms with Gasteiger partial charge < -0.3 is 0 Å². The van der Waals surface area contributed by atoms with E-state index in [4.69, 9.17) is 17.4 Å². The van der Waals surface area contributed by atoms with Crippen LogP contribution in [0, 0.1) is 5.82 Å². The smallest absolute Gasteiger partial charge is 0.124 e. The molecule has 21 heavy (non-hydrogen) atoms. The quantitative estimate of drug-likeness (QED) is 0.321. The van der Waals surface area contributed by atoms with E-state index < -0.39 is 0 Å². The van der Waals surface area contributed by atoms with Crippen LogP contribution in [0.5, 0.6) is 0 Å². The van der Waals surface area contributed by atoms with Crippen LogP contribution < -0.4 is 11.3 Å². The van der Waals surface area contributed by atoms with Gasteiger partial charge >= 0.3 is 0 Å². The van der Waals surface area contributed by atoms with Crippen LogP contribution in [0.1, 0.15) is 76.3 Å². The standard InChI is InChI=1S/C17H28ClFN2/c1-2-3-4-5-6-7-8-9-10-17(21-20)15-12-11-14(19)13-16(15)18/h11-13,17,21H,2-10,20H2,1H3. The maximum absolute atomic E-state index is 13.1. The average Bonchev–Trinajstić information content (AvgIpc) is 2.47. The summed E-state index contributed by atoms with van der Waals surface area (Å²) in [6.07, 6.45) is 11.2. The van der Waals surface area contributed by atoms with Crippen molar-refractivity contribution in [3.05, 3.63) is 34.6 Å². The third kappa shape index (κ3) is 7.25. The molecule has 120 valence electrons. The SMILES string of the molecule is CCCCCCCCCCC(NN)c1ccc(F)cc1Cl. The van der Waals surface area contributed by atoms with Crippen molar-refractivity contribution in [3.63, 3.8) is 0 Å². The summed E-state index contributed by atoms with van der Waals surface area (Å²) >= 11 is 6.08. The Morgan fingerprint density at radius 2 is 1.71 bits per heavy atom. The fourth-order valence-electron chi connectivity index (χ4n) is 2.60. The molecule has 4 heteroatoms. The van der Waals surface area contributed by atoms with Gasteiger partial charge in [-0.3, -0.25) is 11.3 Å². The Morgan fingerprint density at radius 1 is 1.10 bits per heavy atom. The Morgan fingerprint density at radius 3 is 2.29 bits per heavy atom. The first kappa shape index (κ1) is 18.4. The maximum atomic E-state index is 13.1. The molecule has 2 nitrogen and oxygen atoms in total. The minimum atomic E-state index is -0.313. The normalized spacial score (nSPS) is 12.6. The van der Waals surface area contributed by atoms with Gasteiger partial charge in [0.15, 0.2) is 0 Å². The molecular formula is C17H28ClFN2. The fourth-order valence-corrected chi connectivity index (χ4v) is 2.89. The van der Waals surface area contributed by atoms with E-state index in [2.05, 4.69) is 12.3 Å². The summed E-state index contributed by atoms with van der Waals surface area (Å²) in [5, 5.41) is 0.442. The molecule has 0 fully saturated rings. The molecule has 0 aliphatic rings. The summed E-state index contributed by atoms with van der Waals surface area (Å²) < 4.78 is 13.1. The molecule has 0 heterocycles. The highest BCUT2D eigenvalue weighted by Crippen LogP contribution is 2.27. The van der Waals surface area contributed by atoms with Gasteiger partial charge in [0, 0.05) is 11.1 Å². The van der Waals surface area contributed by atoms with Crippen LogP contribution in [0.4, 0.5) is 4.39 Å². The molecule has 1 rings (SSSR count). The van der Waals surface area contributed by atoms with Gasteiger partial charge in [-0.05, 0) is 24.1 Å². The van der Waals surface area contributed by atoms with Crippen molar-refractivity contribution < 1.29 is 4.39 Å². The van der Waals surface area contributed by atoms with E-state index in [1.54, 1.807) is 6.07 Å². The van der Waals surface area contributed by atoms with Crippen molar-refractivity contribution in [1.29, 1.82) is 0 Å². The second-order valence-electron chi connectivity index (χ2n) is 5.65. The van der Waals surface area contributed by atoms with E-state index in [9.17, 15) is 4.39 Å². The number of nitrogens with two attached hydrogens (primary N) is 1. The van der Waals surface area contributed by atoms with Gasteiger partial charge in [0.25, 0.3) is 0 Å². The van der Waals surface area contributed by atoms with E-state index in [1.165, 1.54) is 57.1 Å². The minimum Gasteiger partial charge on any atom is -0.271 e. The molecule has 0 spiro atoms. The molecule has 1 aromatic rings. The van der Waals surface area contributed by atoms with E-state index in [1.807, 2.05) is 0 Å². The largest absolute Gasteiger partial charge is 0.271 e. The van der Waals surface area contributed by atoms with Crippen molar-refractivity contribution in [1.82, 2.24) is 5.43 Å². The van der Waals surface area contributed by atoms with Crippen molar-refractivity contribution in [2.75, 3.05) is 0 Å².